The second-order valence-electron chi connectivity index (χ2n) is 4.20. The van der Waals surface area contributed by atoms with Crippen molar-refractivity contribution < 1.29 is 14.6 Å². The minimum Gasteiger partial charge on any atom is -0.508 e. The lowest BCUT2D eigenvalue weighted by Crippen LogP contribution is -2.03. The van der Waals surface area contributed by atoms with Gasteiger partial charge < -0.3 is 19.9 Å². The number of nitrogens with one attached hydrogen (secondary N) is 1. The lowest BCUT2D eigenvalue weighted by molar-refractivity contribution is 0.352. The molecule has 0 aliphatic heterocycles. The molecular weight excluding hydrogens is 278 g/mol. The summed E-state index contributed by atoms with van der Waals surface area (Å²) in [5, 5.41) is 13.1. The molecule has 4 nitrogen and oxygen atoms in total. The van der Waals surface area contributed by atoms with Crippen molar-refractivity contribution in [1.29, 1.82) is 0 Å². The first kappa shape index (κ1) is 14.3. The number of rotatable bonds is 5. The van der Waals surface area contributed by atoms with Crippen LogP contribution >= 0.6 is 11.6 Å². The highest BCUT2D eigenvalue weighted by molar-refractivity contribution is 6.30. The zero-order valence-electron chi connectivity index (χ0n) is 11.3. The van der Waals surface area contributed by atoms with Crippen LogP contribution in [-0.2, 0) is 6.54 Å². The molecule has 0 aromatic heterocycles. The van der Waals surface area contributed by atoms with Crippen LogP contribution in [0.15, 0.2) is 36.4 Å². The summed E-state index contributed by atoms with van der Waals surface area (Å²) in [6.07, 6.45) is 0. The van der Waals surface area contributed by atoms with Crippen LogP contribution in [0.3, 0.4) is 0 Å². The Kier molecular flexibility index (Phi) is 4.58. The van der Waals surface area contributed by atoms with Gasteiger partial charge in [0, 0.05) is 28.9 Å². The number of phenols is 1. The highest BCUT2D eigenvalue weighted by Crippen LogP contribution is 2.34. The van der Waals surface area contributed by atoms with Gasteiger partial charge in [-0.25, -0.2) is 0 Å². The Morgan fingerprint density at radius 3 is 2.40 bits per heavy atom. The maximum absolute atomic E-state index is 9.25. The molecule has 20 heavy (non-hydrogen) atoms. The standard InChI is InChI=1S/C15H16ClNO3/c1-19-14-8-11(16)7-10(15(14)20-2)9-17-12-3-5-13(18)6-4-12/h3-8,17-18H,9H2,1-2H3. The van der Waals surface area contributed by atoms with Crippen LogP contribution in [0.1, 0.15) is 5.56 Å². The molecule has 0 bridgehead atoms. The highest BCUT2D eigenvalue weighted by Gasteiger charge is 2.11. The van der Waals surface area contributed by atoms with E-state index in [2.05, 4.69) is 5.32 Å². The van der Waals surface area contributed by atoms with Gasteiger partial charge in [-0.3, -0.25) is 0 Å². The van der Waals surface area contributed by atoms with Crippen molar-refractivity contribution >= 4 is 17.3 Å². The molecule has 0 heterocycles. The number of methoxy groups -OCH3 is 2. The average Bonchev–Trinajstić information content (AvgIpc) is 2.46. The molecule has 2 aromatic rings. The SMILES string of the molecule is COc1cc(Cl)cc(CNc2ccc(O)cc2)c1OC. The molecule has 2 aromatic carbocycles. The Bertz CT molecular complexity index is 584. The quantitative estimate of drug-likeness (QED) is 0.826. The number of anilines is 1. The predicted octanol–water partition coefficient (Wildman–Crippen LogP) is 3.67. The van der Waals surface area contributed by atoms with Gasteiger partial charge in [0.1, 0.15) is 5.75 Å². The third-order valence-electron chi connectivity index (χ3n) is 2.87. The maximum Gasteiger partial charge on any atom is 0.165 e. The van der Waals surface area contributed by atoms with Gasteiger partial charge in [-0.1, -0.05) is 11.6 Å². The fourth-order valence-corrected chi connectivity index (χ4v) is 2.14. The van der Waals surface area contributed by atoms with E-state index in [-0.39, 0.29) is 5.75 Å². The maximum atomic E-state index is 9.25. The molecule has 0 amide bonds. The largest absolute Gasteiger partial charge is 0.508 e. The summed E-state index contributed by atoms with van der Waals surface area (Å²) in [5.41, 5.74) is 1.79. The van der Waals surface area contributed by atoms with E-state index < -0.39 is 0 Å². The van der Waals surface area contributed by atoms with Crippen molar-refractivity contribution in [2.45, 2.75) is 6.54 Å². The van der Waals surface area contributed by atoms with Gasteiger partial charge >= 0.3 is 0 Å². The summed E-state index contributed by atoms with van der Waals surface area (Å²) >= 11 is 6.06. The summed E-state index contributed by atoms with van der Waals surface area (Å²) in [6, 6.07) is 10.4. The average molecular weight is 294 g/mol. The van der Waals surface area contributed by atoms with E-state index in [0.717, 1.165) is 11.3 Å². The van der Waals surface area contributed by atoms with Gasteiger partial charge in [-0.2, -0.15) is 0 Å². The summed E-state index contributed by atoms with van der Waals surface area (Å²) in [6.45, 7) is 0.533. The number of benzene rings is 2. The molecule has 0 atom stereocenters. The van der Waals surface area contributed by atoms with Crippen molar-refractivity contribution in [3.63, 3.8) is 0 Å². The van der Waals surface area contributed by atoms with Crippen LogP contribution in [0.2, 0.25) is 5.02 Å². The smallest absolute Gasteiger partial charge is 0.165 e. The zero-order chi connectivity index (χ0) is 14.5. The molecule has 2 N–H and O–H groups in total. The van der Waals surface area contributed by atoms with Gasteiger partial charge in [0.2, 0.25) is 0 Å². The second kappa shape index (κ2) is 6.39. The van der Waals surface area contributed by atoms with Crippen molar-refractivity contribution in [3.8, 4) is 17.2 Å². The zero-order valence-corrected chi connectivity index (χ0v) is 12.1. The Labute approximate surface area is 122 Å². The minimum absolute atomic E-state index is 0.234. The second-order valence-corrected chi connectivity index (χ2v) is 4.64. The van der Waals surface area contributed by atoms with E-state index in [4.69, 9.17) is 21.1 Å². The van der Waals surface area contributed by atoms with Crippen LogP contribution in [0, 0.1) is 0 Å². The van der Waals surface area contributed by atoms with Crippen LogP contribution in [-0.4, -0.2) is 19.3 Å². The van der Waals surface area contributed by atoms with Gasteiger partial charge in [-0.15, -0.1) is 0 Å². The molecule has 0 saturated heterocycles. The number of ether oxygens (including phenoxy) is 2. The monoisotopic (exact) mass is 293 g/mol. The lowest BCUT2D eigenvalue weighted by atomic mass is 10.1. The summed E-state index contributed by atoms with van der Waals surface area (Å²) < 4.78 is 10.6. The van der Waals surface area contributed by atoms with E-state index in [1.807, 2.05) is 6.07 Å². The first-order chi connectivity index (χ1) is 9.63. The Hall–Kier alpha value is -2.07. The molecule has 0 spiro atoms. The van der Waals surface area contributed by atoms with E-state index >= 15 is 0 Å². The number of halogens is 1. The van der Waals surface area contributed by atoms with Crippen molar-refractivity contribution in [1.82, 2.24) is 0 Å². The lowest BCUT2D eigenvalue weighted by Gasteiger charge is -2.14. The molecule has 5 heteroatoms. The fourth-order valence-electron chi connectivity index (χ4n) is 1.91. The van der Waals surface area contributed by atoms with Crippen molar-refractivity contribution in [3.05, 3.63) is 47.0 Å². The first-order valence-electron chi connectivity index (χ1n) is 6.07. The van der Waals surface area contributed by atoms with Crippen LogP contribution < -0.4 is 14.8 Å². The van der Waals surface area contributed by atoms with E-state index in [1.165, 1.54) is 0 Å². The van der Waals surface area contributed by atoms with E-state index in [9.17, 15) is 5.11 Å². The minimum atomic E-state index is 0.234. The predicted molar refractivity (Wildman–Crippen MR) is 80.0 cm³/mol. The van der Waals surface area contributed by atoms with Gasteiger partial charge in [0.05, 0.1) is 14.2 Å². The molecule has 0 fully saturated rings. The third-order valence-corrected chi connectivity index (χ3v) is 3.09. The number of aromatic hydroxyl groups is 1. The molecule has 106 valence electrons. The summed E-state index contributed by atoms with van der Waals surface area (Å²) in [4.78, 5) is 0. The Balaban J connectivity index is 2.20. The van der Waals surface area contributed by atoms with Crippen molar-refractivity contribution in [2.75, 3.05) is 19.5 Å². The van der Waals surface area contributed by atoms with Crippen LogP contribution in [0.25, 0.3) is 0 Å². The molecule has 0 radical (unpaired) electrons. The molecular formula is C15H16ClNO3. The Morgan fingerprint density at radius 1 is 1.10 bits per heavy atom. The number of hydrogen-bond acceptors (Lipinski definition) is 4. The molecule has 0 saturated carbocycles. The topological polar surface area (TPSA) is 50.7 Å². The van der Waals surface area contributed by atoms with Crippen molar-refractivity contribution in [2.24, 2.45) is 0 Å². The third kappa shape index (κ3) is 3.27. The highest BCUT2D eigenvalue weighted by atomic mass is 35.5. The molecule has 0 aliphatic rings. The molecule has 0 unspecified atom stereocenters. The molecule has 2 rings (SSSR count). The fraction of sp³-hybridized carbons (Fsp3) is 0.200. The number of phenolic OH excluding ortho intramolecular Hbond substituents is 1. The van der Waals surface area contributed by atoms with E-state index in [0.29, 0.717) is 23.1 Å². The summed E-state index contributed by atoms with van der Waals surface area (Å²) in [5.74, 6) is 1.49. The summed E-state index contributed by atoms with van der Waals surface area (Å²) in [7, 11) is 3.17. The van der Waals surface area contributed by atoms with Crippen LogP contribution in [0.4, 0.5) is 5.69 Å². The van der Waals surface area contributed by atoms with Crippen LogP contribution in [0.5, 0.6) is 17.2 Å². The number of hydrogen-bond donors (Lipinski definition) is 2. The van der Waals surface area contributed by atoms with Gasteiger partial charge in [0.15, 0.2) is 11.5 Å². The normalized spacial score (nSPS) is 10.2. The first-order valence-corrected chi connectivity index (χ1v) is 6.45. The van der Waals surface area contributed by atoms with Gasteiger partial charge in [0.25, 0.3) is 0 Å². The van der Waals surface area contributed by atoms with Gasteiger partial charge in [-0.05, 0) is 30.3 Å². The van der Waals surface area contributed by atoms with E-state index in [1.54, 1.807) is 44.6 Å². The molecule has 0 aliphatic carbocycles. The Morgan fingerprint density at radius 2 is 1.80 bits per heavy atom.